The number of piperidine rings is 1. The number of hydrogen-bond acceptors (Lipinski definition) is 5. The Morgan fingerprint density at radius 2 is 2.00 bits per heavy atom. The van der Waals surface area contributed by atoms with Gasteiger partial charge in [0.05, 0.1) is 26.2 Å². The summed E-state index contributed by atoms with van der Waals surface area (Å²) in [4.78, 5) is 22.2. The number of carbonyl (C=O) groups excluding carboxylic acids is 2. The number of nitrogens with one attached hydrogen (secondary N) is 2. The Morgan fingerprint density at radius 1 is 1.28 bits per heavy atom. The zero-order chi connectivity index (χ0) is 13.2. The van der Waals surface area contributed by atoms with Crippen molar-refractivity contribution in [1.29, 1.82) is 0 Å². The van der Waals surface area contributed by atoms with Gasteiger partial charge in [-0.05, 0) is 25.9 Å². The van der Waals surface area contributed by atoms with E-state index in [0.29, 0.717) is 19.6 Å². The molecule has 1 amide bonds. The molecule has 1 saturated heterocycles. The molecular formula is C12H22N2O4. The van der Waals surface area contributed by atoms with Crippen LogP contribution in [0.25, 0.3) is 0 Å². The third-order valence-electron chi connectivity index (χ3n) is 2.85. The summed E-state index contributed by atoms with van der Waals surface area (Å²) in [6.45, 7) is 2.72. The lowest BCUT2D eigenvalue weighted by molar-refractivity contribution is -0.140. The molecule has 0 bridgehead atoms. The Hall–Kier alpha value is -1.14. The molecule has 0 unspecified atom stereocenters. The molecule has 1 fully saturated rings. The van der Waals surface area contributed by atoms with Crippen LogP contribution in [0.5, 0.6) is 0 Å². The minimum Gasteiger partial charge on any atom is -0.469 e. The average Bonchev–Trinajstić information content (AvgIpc) is 2.39. The normalized spacial score (nSPS) is 16.3. The summed E-state index contributed by atoms with van der Waals surface area (Å²) < 4.78 is 10.1. The average molecular weight is 258 g/mol. The van der Waals surface area contributed by atoms with Crippen molar-refractivity contribution in [3.8, 4) is 0 Å². The fourth-order valence-corrected chi connectivity index (χ4v) is 1.77. The van der Waals surface area contributed by atoms with E-state index in [2.05, 4.69) is 15.4 Å². The number of methoxy groups -OCH3 is 1. The molecule has 1 rings (SSSR count). The monoisotopic (exact) mass is 258 g/mol. The van der Waals surface area contributed by atoms with E-state index in [1.54, 1.807) is 0 Å². The molecule has 0 aliphatic carbocycles. The summed E-state index contributed by atoms with van der Waals surface area (Å²) >= 11 is 0. The summed E-state index contributed by atoms with van der Waals surface area (Å²) in [6.07, 6.45) is 2.82. The van der Waals surface area contributed by atoms with Gasteiger partial charge in [0.1, 0.15) is 0 Å². The van der Waals surface area contributed by atoms with Gasteiger partial charge < -0.3 is 20.1 Å². The van der Waals surface area contributed by atoms with Crippen LogP contribution in [-0.2, 0) is 19.1 Å². The van der Waals surface area contributed by atoms with E-state index in [4.69, 9.17) is 4.74 Å². The minimum atomic E-state index is -0.318. The second kappa shape index (κ2) is 8.88. The smallest absolute Gasteiger partial charge is 0.307 e. The predicted octanol–water partition coefficient (Wildman–Crippen LogP) is -0.176. The molecule has 1 heterocycles. The Bertz CT molecular complexity index is 265. The lowest BCUT2D eigenvalue weighted by Crippen LogP contribution is -2.33. The van der Waals surface area contributed by atoms with Crippen LogP contribution >= 0.6 is 0 Å². The molecule has 6 nitrogen and oxygen atoms in total. The number of esters is 1. The van der Waals surface area contributed by atoms with Crippen LogP contribution in [0.4, 0.5) is 0 Å². The highest BCUT2D eigenvalue weighted by molar-refractivity contribution is 5.77. The van der Waals surface area contributed by atoms with E-state index < -0.39 is 0 Å². The Morgan fingerprint density at radius 3 is 2.67 bits per heavy atom. The van der Waals surface area contributed by atoms with Crippen molar-refractivity contribution in [1.82, 2.24) is 10.6 Å². The number of ether oxygens (including phenoxy) is 2. The van der Waals surface area contributed by atoms with E-state index in [9.17, 15) is 9.59 Å². The van der Waals surface area contributed by atoms with Crippen LogP contribution in [0.3, 0.4) is 0 Å². The first kappa shape index (κ1) is 14.9. The van der Waals surface area contributed by atoms with Crippen molar-refractivity contribution in [2.75, 3.05) is 33.4 Å². The van der Waals surface area contributed by atoms with Crippen molar-refractivity contribution in [3.63, 3.8) is 0 Å². The van der Waals surface area contributed by atoms with E-state index in [1.165, 1.54) is 7.11 Å². The predicted molar refractivity (Wildman–Crippen MR) is 66.1 cm³/mol. The topological polar surface area (TPSA) is 76.7 Å². The maximum absolute atomic E-state index is 11.4. The van der Waals surface area contributed by atoms with E-state index in [0.717, 1.165) is 25.9 Å². The molecular weight excluding hydrogens is 236 g/mol. The fourth-order valence-electron chi connectivity index (χ4n) is 1.77. The molecule has 0 radical (unpaired) electrons. The highest BCUT2D eigenvalue weighted by Crippen LogP contribution is 2.07. The van der Waals surface area contributed by atoms with Crippen molar-refractivity contribution >= 4 is 11.9 Å². The molecule has 0 aromatic rings. The second-order valence-corrected chi connectivity index (χ2v) is 4.25. The van der Waals surface area contributed by atoms with Crippen molar-refractivity contribution in [2.24, 2.45) is 0 Å². The SMILES string of the molecule is COC(=O)CCNC(=O)CCOC1CCNCC1. The first-order chi connectivity index (χ1) is 8.72. The van der Waals surface area contributed by atoms with Crippen LogP contribution < -0.4 is 10.6 Å². The molecule has 0 saturated carbocycles. The number of hydrogen-bond donors (Lipinski definition) is 2. The van der Waals surface area contributed by atoms with E-state index in [1.807, 2.05) is 0 Å². The third kappa shape index (κ3) is 6.56. The van der Waals surface area contributed by atoms with Crippen LogP contribution in [0.15, 0.2) is 0 Å². The second-order valence-electron chi connectivity index (χ2n) is 4.25. The van der Waals surface area contributed by atoms with Gasteiger partial charge in [0.25, 0.3) is 0 Å². The quantitative estimate of drug-likeness (QED) is 0.620. The standard InChI is InChI=1S/C12H22N2O4/c1-17-12(16)4-8-14-11(15)5-9-18-10-2-6-13-7-3-10/h10,13H,2-9H2,1H3,(H,14,15). The van der Waals surface area contributed by atoms with Gasteiger partial charge >= 0.3 is 5.97 Å². The molecule has 0 atom stereocenters. The number of carbonyl (C=O) groups is 2. The molecule has 1 aliphatic rings. The molecule has 6 heteroatoms. The highest BCUT2D eigenvalue weighted by atomic mass is 16.5. The van der Waals surface area contributed by atoms with Gasteiger partial charge in [-0.15, -0.1) is 0 Å². The zero-order valence-corrected chi connectivity index (χ0v) is 10.9. The zero-order valence-electron chi connectivity index (χ0n) is 10.9. The molecule has 0 aromatic carbocycles. The largest absolute Gasteiger partial charge is 0.469 e. The number of rotatable bonds is 7. The summed E-state index contributed by atoms with van der Waals surface area (Å²) in [7, 11) is 1.33. The third-order valence-corrected chi connectivity index (χ3v) is 2.85. The van der Waals surface area contributed by atoms with Crippen LogP contribution in [0.2, 0.25) is 0 Å². The van der Waals surface area contributed by atoms with Gasteiger partial charge in [-0.2, -0.15) is 0 Å². The maximum Gasteiger partial charge on any atom is 0.307 e. The molecule has 1 aliphatic heterocycles. The van der Waals surface area contributed by atoms with Crippen LogP contribution in [-0.4, -0.2) is 51.3 Å². The molecule has 2 N–H and O–H groups in total. The molecule has 18 heavy (non-hydrogen) atoms. The van der Waals surface area contributed by atoms with E-state index >= 15 is 0 Å². The maximum atomic E-state index is 11.4. The summed E-state index contributed by atoms with van der Waals surface area (Å²) in [5, 5.41) is 5.91. The highest BCUT2D eigenvalue weighted by Gasteiger charge is 2.13. The lowest BCUT2D eigenvalue weighted by Gasteiger charge is -2.22. The summed E-state index contributed by atoms with van der Waals surface area (Å²) in [6, 6.07) is 0. The van der Waals surface area contributed by atoms with Crippen LogP contribution in [0, 0.1) is 0 Å². The molecule has 0 aromatic heterocycles. The van der Waals surface area contributed by atoms with Gasteiger partial charge in [0.2, 0.25) is 5.91 Å². The Kier molecular flexibility index (Phi) is 7.36. The molecule has 104 valence electrons. The van der Waals surface area contributed by atoms with Crippen LogP contribution in [0.1, 0.15) is 25.7 Å². The minimum absolute atomic E-state index is 0.0900. The van der Waals surface area contributed by atoms with Gasteiger partial charge in [0, 0.05) is 13.0 Å². The first-order valence-electron chi connectivity index (χ1n) is 6.38. The summed E-state index contributed by atoms with van der Waals surface area (Å²) in [5.41, 5.74) is 0. The fraction of sp³-hybridized carbons (Fsp3) is 0.833. The van der Waals surface area contributed by atoms with Gasteiger partial charge in [0.15, 0.2) is 0 Å². The van der Waals surface area contributed by atoms with E-state index in [-0.39, 0.29) is 24.4 Å². The van der Waals surface area contributed by atoms with Crippen molar-refractivity contribution < 1.29 is 19.1 Å². The van der Waals surface area contributed by atoms with Crippen molar-refractivity contribution in [2.45, 2.75) is 31.8 Å². The summed E-state index contributed by atoms with van der Waals surface area (Å²) in [5.74, 6) is -0.408. The Balaban J connectivity index is 1.97. The first-order valence-corrected chi connectivity index (χ1v) is 6.38. The van der Waals surface area contributed by atoms with Crippen molar-refractivity contribution in [3.05, 3.63) is 0 Å². The van der Waals surface area contributed by atoms with Gasteiger partial charge in [-0.25, -0.2) is 0 Å². The lowest BCUT2D eigenvalue weighted by atomic mass is 10.1. The van der Waals surface area contributed by atoms with Gasteiger partial charge in [-0.3, -0.25) is 9.59 Å². The Labute approximate surface area is 107 Å². The van der Waals surface area contributed by atoms with Gasteiger partial charge in [-0.1, -0.05) is 0 Å². The number of amides is 1. The molecule has 0 spiro atoms.